The summed E-state index contributed by atoms with van der Waals surface area (Å²) in [7, 11) is 6.06. The maximum atomic E-state index is 14.3. The first-order valence-electron chi connectivity index (χ1n) is 19.7. The summed E-state index contributed by atoms with van der Waals surface area (Å²) in [4.78, 5) is 36.5. The highest BCUT2D eigenvalue weighted by Crippen LogP contribution is 2.61. The molecule has 7 fully saturated rings. The number of aliphatic hydroxyl groups excluding tert-OH is 2. The van der Waals surface area contributed by atoms with E-state index in [4.69, 9.17) is 9.57 Å². The lowest BCUT2D eigenvalue weighted by molar-refractivity contribution is -0.193. The zero-order valence-electron chi connectivity index (χ0n) is 31.7. The predicted molar refractivity (Wildman–Crippen MR) is 196 cm³/mol. The quantitative estimate of drug-likeness (QED) is 0.205. The van der Waals surface area contributed by atoms with Crippen molar-refractivity contribution in [2.24, 2.45) is 52.8 Å². The van der Waals surface area contributed by atoms with Crippen LogP contribution in [0.4, 0.5) is 0 Å². The second-order valence-electron chi connectivity index (χ2n) is 17.7. The molecule has 0 aromatic rings. The molecule has 0 radical (unpaired) electrons. The van der Waals surface area contributed by atoms with Crippen molar-refractivity contribution in [2.45, 2.75) is 121 Å². The van der Waals surface area contributed by atoms with E-state index in [9.17, 15) is 19.8 Å². The minimum Gasteiger partial charge on any atom is -0.394 e. The van der Waals surface area contributed by atoms with Crippen LogP contribution >= 0.6 is 11.8 Å². The van der Waals surface area contributed by atoms with Crippen molar-refractivity contribution in [3.8, 4) is 0 Å². The Morgan fingerprint density at radius 2 is 1.92 bits per heavy atom. The van der Waals surface area contributed by atoms with E-state index in [0.29, 0.717) is 53.6 Å². The molecule has 2 bridgehead atoms. The molecule has 12 heteroatoms. The molecule has 0 aromatic carbocycles. The van der Waals surface area contributed by atoms with Gasteiger partial charge < -0.3 is 35.8 Å². The molecule has 50 heavy (non-hydrogen) atoms. The summed E-state index contributed by atoms with van der Waals surface area (Å²) in [5.74, 6) is 2.93. The van der Waals surface area contributed by atoms with Gasteiger partial charge in [-0.2, -0.15) is 5.06 Å². The monoisotopic (exact) mass is 721 g/mol. The molecule has 2 aliphatic heterocycles. The summed E-state index contributed by atoms with van der Waals surface area (Å²) in [6.07, 6.45) is 6.51. The van der Waals surface area contributed by atoms with Gasteiger partial charge in [0.1, 0.15) is 12.1 Å². The maximum absolute atomic E-state index is 14.3. The van der Waals surface area contributed by atoms with Crippen molar-refractivity contribution in [1.82, 2.24) is 25.9 Å². The highest BCUT2D eigenvalue weighted by molar-refractivity contribution is 8.00. The number of hydrogen-bond acceptors (Lipinski definition) is 10. The summed E-state index contributed by atoms with van der Waals surface area (Å²) in [6, 6.07) is -0.270. The molecule has 0 aromatic heterocycles. The third kappa shape index (κ3) is 7.79. The van der Waals surface area contributed by atoms with Gasteiger partial charge in [0.25, 0.3) is 0 Å². The van der Waals surface area contributed by atoms with Gasteiger partial charge in [-0.05, 0) is 101 Å². The van der Waals surface area contributed by atoms with Gasteiger partial charge in [0, 0.05) is 62.3 Å². The number of thioether (sulfide) groups is 1. The Bertz CT molecular complexity index is 1170. The molecular formula is C38H67N5O6S. The van der Waals surface area contributed by atoms with Crippen molar-refractivity contribution >= 4 is 23.6 Å². The number of methoxy groups -OCH3 is 1. The van der Waals surface area contributed by atoms with Gasteiger partial charge in [0.05, 0.1) is 24.2 Å². The average Bonchev–Trinajstić information content (AvgIpc) is 3.75. The Morgan fingerprint density at radius 1 is 1.14 bits per heavy atom. The Labute approximate surface area is 305 Å². The topological polar surface area (TPSA) is 136 Å². The first-order chi connectivity index (χ1) is 23.8. The number of ether oxygens (including phenoxy) is 1. The van der Waals surface area contributed by atoms with Crippen LogP contribution in [-0.4, -0.2) is 127 Å². The van der Waals surface area contributed by atoms with Gasteiger partial charge in [-0.15, -0.1) is 11.8 Å². The minimum absolute atomic E-state index is 0.0312. The fourth-order valence-corrected chi connectivity index (χ4v) is 12.3. The molecule has 286 valence electrons. The fourth-order valence-electron chi connectivity index (χ4n) is 11.4. The summed E-state index contributed by atoms with van der Waals surface area (Å²) in [5, 5.41) is 33.5. The van der Waals surface area contributed by atoms with Crippen LogP contribution in [0, 0.1) is 52.8 Å². The molecule has 7 unspecified atom stereocenters. The van der Waals surface area contributed by atoms with Crippen LogP contribution in [0.2, 0.25) is 0 Å². The number of nitrogens with one attached hydrogen (secondary N) is 3. The standard InChI is InChI=1S/C38H67N5O6S/c1-21-29-16-26(38(29,3)4)17-30(21)41-37(47)34-33(22(2)45)31(20-44)49-43(34)19-23-9-8-10-28(35(23)48-7)24-13-25(15-27(14-24)42(5)6)36(46)40-18-32-39-11-12-50-32/h21-35,39,44-45H,8-20H2,1-7H3,(H,40,46)(H,41,47)/t21-,22-,23?,24?,25?,26+,27?,28?,29-,30-,31-,32?,33-,34-,35?/m0/s1. The lowest BCUT2D eigenvalue weighted by Crippen LogP contribution is -2.62. The van der Waals surface area contributed by atoms with Crippen LogP contribution in [-0.2, 0) is 19.2 Å². The van der Waals surface area contributed by atoms with E-state index in [1.807, 2.05) is 11.8 Å². The Morgan fingerprint density at radius 3 is 2.54 bits per heavy atom. The number of carbonyl (C=O) groups is 2. The lowest BCUT2D eigenvalue weighted by Gasteiger charge is -2.62. The number of amides is 2. The smallest absolute Gasteiger partial charge is 0.240 e. The van der Waals surface area contributed by atoms with E-state index in [0.717, 1.165) is 57.2 Å². The number of hydrogen-bond donors (Lipinski definition) is 5. The largest absolute Gasteiger partial charge is 0.394 e. The van der Waals surface area contributed by atoms with Crippen LogP contribution in [0.1, 0.15) is 79.1 Å². The summed E-state index contributed by atoms with van der Waals surface area (Å²) >= 11 is 1.87. The molecule has 0 spiro atoms. The van der Waals surface area contributed by atoms with E-state index < -0.39 is 24.2 Å². The number of aliphatic hydroxyl groups is 2. The molecule has 5 saturated carbocycles. The highest BCUT2D eigenvalue weighted by Gasteiger charge is 2.58. The van der Waals surface area contributed by atoms with Gasteiger partial charge in [-0.25, -0.2) is 0 Å². The highest BCUT2D eigenvalue weighted by atomic mass is 32.2. The third-order valence-electron chi connectivity index (χ3n) is 14.4. The molecule has 7 aliphatic rings. The van der Waals surface area contributed by atoms with Crippen molar-refractivity contribution in [2.75, 3.05) is 53.2 Å². The molecule has 11 nitrogen and oxygen atoms in total. The van der Waals surface area contributed by atoms with Crippen LogP contribution in [0.25, 0.3) is 0 Å². The number of carbonyl (C=O) groups excluding carboxylic acids is 2. The lowest BCUT2D eigenvalue weighted by atomic mass is 9.45. The van der Waals surface area contributed by atoms with Crippen molar-refractivity contribution in [3.63, 3.8) is 0 Å². The van der Waals surface area contributed by atoms with Crippen LogP contribution < -0.4 is 16.0 Å². The molecule has 2 saturated heterocycles. The average molecular weight is 722 g/mol. The Hall–Kier alpha value is -0.990. The minimum atomic E-state index is -0.822. The van der Waals surface area contributed by atoms with E-state index >= 15 is 0 Å². The van der Waals surface area contributed by atoms with Gasteiger partial charge in [-0.1, -0.05) is 27.2 Å². The predicted octanol–water partition coefficient (Wildman–Crippen LogP) is 2.70. The third-order valence-corrected chi connectivity index (χ3v) is 15.6. The summed E-state index contributed by atoms with van der Waals surface area (Å²) in [6.45, 7) is 10.6. The van der Waals surface area contributed by atoms with Gasteiger partial charge in [-0.3, -0.25) is 14.4 Å². The second kappa shape index (κ2) is 16.2. The SMILES string of the molecule is COC1C(CN2O[C@@H](CO)[C@H]([C@H](C)O)[C@H]2C(=O)N[C@H]2C[C@H]3C[C@@H]([C@@H]2C)C3(C)C)CCCC1C1CC(C(=O)NCC2NCCS2)CC(N(C)C)C1. The zero-order valence-corrected chi connectivity index (χ0v) is 32.5. The van der Waals surface area contributed by atoms with Gasteiger partial charge >= 0.3 is 0 Å². The summed E-state index contributed by atoms with van der Waals surface area (Å²) < 4.78 is 6.37. The van der Waals surface area contributed by atoms with E-state index in [1.54, 1.807) is 19.1 Å². The van der Waals surface area contributed by atoms with E-state index in [-0.39, 0.29) is 48.3 Å². The van der Waals surface area contributed by atoms with Crippen molar-refractivity contribution < 1.29 is 29.4 Å². The van der Waals surface area contributed by atoms with Crippen LogP contribution in [0.5, 0.6) is 0 Å². The molecule has 7 rings (SSSR count). The molecular weight excluding hydrogens is 655 g/mol. The van der Waals surface area contributed by atoms with Gasteiger partial charge in [0.15, 0.2) is 0 Å². The number of rotatable bonds is 12. The Balaban J connectivity index is 1.15. The molecule has 5 aliphatic carbocycles. The number of hydroxylamine groups is 2. The maximum Gasteiger partial charge on any atom is 0.240 e. The Kier molecular flexibility index (Phi) is 12.5. The molecule has 5 N–H and O–H groups in total. The van der Waals surface area contributed by atoms with Crippen molar-refractivity contribution in [3.05, 3.63) is 0 Å². The van der Waals surface area contributed by atoms with E-state index in [1.165, 1.54) is 6.42 Å². The van der Waals surface area contributed by atoms with Crippen LogP contribution in [0.3, 0.4) is 0 Å². The first-order valence-corrected chi connectivity index (χ1v) is 20.7. The number of fused-ring (bicyclic) bond motifs is 2. The molecule has 2 heterocycles. The first kappa shape index (κ1) is 38.7. The fraction of sp³-hybridized carbons (Fsp3) is 0.947. The zero-order chi connectivity index (χ0) is 35.9. The second-order valence-corrected chi connectivity index (χ2v) is 19.0. The number of nitrogens with zero attached hydrogens (tertiary/aromatic N) is 2. The molecule has 2 amide bonds. The molecule has 15 atom stereocenters. The van der Waals surface area contributed by atoms with E-state index in [2.05, 4.69) is 55.7 Å². The van der Waals surface area contributed by atoms with Crippen LogP contribution in [0.15, 0.2) is 0 Å². The van der Waals surface area contributed by atoms with Gasteiger partial charge in [0.2, 0.25) is 11.8 Å². The summed E-state index contributed by atoms with van der Waals surface area (Å²) in [5.41, 5.74) is 0.320. The normalized spacial score (nSPS) is 43.7. The van der Waals surface area contributed by atoms with Crippen molar-refractivity contribution in [1.29, 1.82) is 0 Å².